The molecule has 2 fully saturated rings. The summed E-state index contributed by atoms with van der Waals surface area (Å²) < 4.78 is 39.8. The predicted octanol–water partition coefficient (Wildman–Crippen LogP) is 2.42. The molecule has 2 aromatic rings. The Morgan fingerprint density at radius 3 is 2.71 bits per heavy atom. The van der Waals surface area contributed by atoms with E-state index in [0.717, 1.165) is 34.8 Å². The first kappa shape index (κ1) is 18.9. The Hall–Kier alpha value is -2.42. The maximum atomic E-state index is 12.7. The number of piperidine rings is 1. The fraction of sp³-hybridized carbons (Fsp3) is 0.526. The fourth-order valence-corrected chi connectivity index (χ4v) is 4.34. The first-order valence-corrected chi connectivity index (χ1v) is 9.35. The lowest BCUT2D eigenvalue weighted by Crippen LogP contribution is -2.40. The molecule has 4 heterocycles. The summed E-state index contributed by atoms with van der Waals surface area (Å²) in [7, 11) is 0. The molecule has 2 saturated heterocycles. The van der Waals surface area contributed by atoms with Crippen LogP contribution in [0.2, 0.25) is 0 Å². The van der Waals surface area contributed by atoms with Gasteiger partial charge in [0, 0.05) is 44.8 Å². The molecule has 2 aromatic heterocycles. The number of alkyl halides is 3. The molecule has 6 nitrogen and oxygen atoms in total. The number of likely N-dealkylation sites (tertiary alicyclic amines) is 2. The van der Waals surface area contributed by atoms with Crippen LogP contribution in [0.4, 0.5) is 13.2 Å². The standard InChI is InChI=1S/C19H22F3N5O/c1-13-7-14(8-23-17(13)27-5-2-4-24-27)9-25-6-3-15-11-26(12-16(15)10-25)18(28)19(20,21)22/h2,4-5,7-8,15-16H,3,6,9-12H2,1H3. The molecule has 2 atom stereocenters. The highest BCUT2D eigenvalue weighted by Crippen LogP contribution is 2.34. The average Bonchev–Trinajstić information content (AvgIpc) is 3.29. The van der Waals surface area contributed by atoms with Crippen LogP contribution < -0.4 is 0 Å². The molecule has 2 unspecified atom stereocenters. The fourth-order valence-electron chi connectivity index (χ4n) is 4.34. The van der Waals surface area contributed by atoms with Crippen molar-refractivity contribution < 1.29 is 18.0 Å². The van der Waals surface area contributed by atoms with Gasteiger partial charge in [0.2, 0.25) is 0 Å². The van der Waals surface area contributed by atoms with Crippen LogP contribution in [0.5, 0.6) is 0 Å². The number of rotatable bonds is 3. The van der Waals surface area contributed by atoms with Crippen molar-refractivity contribution in [3.63, 3.8) is 0 Å². The number of nitrogens with zero attached hydrogens (tertiary/aromatic N) is 5. The predicted molar refractivity (Wildman–Crippen MR) is 95.6 cm³/mol. The van der Waals surface area contributed by atoms with E-state index in [1.165, 1.54) is 0 Å². The molecule has 0 radical (unpaired) electrons. The third kappa shape index (κ3) is 3.76. The Kier molecular flexibility index (Phi) is 4.86. The summed E-state index contributed by atoms with van der Waals surface area (Å²) >= 11 is 0. The Bertz CT molecular complexity index is 852. The van der Waals surface area contributed by atoms with Crippen molar-refractivity contribution in [1.82, 2.24) is 24.6 Å². The van der Waals surface area contributed by atoms with Gasteiger partial charge in [-0.1, -0.05) is 0 Å². The maximum Gasteiger partial charge on any atom is 0.471 e. The molecule has 28 heavy (non-hydrogen) atoms. The Morgan fingerprint density at radius 1 is 1.25 bits per heavy atom. The van der Waals surface area contributed by atoms with Crippen LogP contribution in [0.25, 0.3) is 5.82 Å². The molecule has 2 aliphatic rings. The van der Waals surface area contributed by atoms with Crippen molar-refractivity contribution in [1.29, 1.82) is 0 Å². The molecule has 9 heteroatoms. The van der Waals surface area contributed by atoms with Gasteiger partial charge in [-0.05, 0) is 55.0 Å². The Balaban J connectivity index is 1.39. The van der Waals surface area contributed by atoms with E-state index in [0.29, 0.717) is 13.1 Å². The van der Waals surface area contributed by atoms with E-state index in [1.54, 1.807) is 10.9 Å². The molecule has 0 N–H and O–H groups in total. The number of fused-ring (bicyclic) bond motifs is 1. The van der Waals surface area contributed by atoms with Crippen LogP contribution in [0.3, 0.4) is 0 Å². The van der Waals surface area contributed by atoms with Gasteiger partial charge in [0.25, 0.3) is 0 Å². The van der Waals surface area contributed by atoms with Crippen LogP contribution in [0.1, 0.15) is 17.5 Å². The number of pyridine rings is 1. The highest BCUT2D eigenvalue weighted by molar-refractivity contribution is 5.82. The molecule has 0 saturated carbocycles. The van der Waals surface area contributed by atoms with Gasteiger partial charge in [0.1, 0.15) is 0 Å². The van der Waals surface area contributed by atoms with E-state index in [9.17, 15) is 18.0 Å². The second-order valence-corrected chi connectivity index (χ2v) is 7.69. The van der Waals surface area contributed by atoms with E-state index >= 15 is 0 Å². The lowest BCUT2D eigenvalue weighted by molar-refractivity contribution is -0.184. The minimum absolute atomic E-state index is 0.0949. The molecule has 0 spiro atoms. The monoisotopic (exact) mass is 393 g/mol. The van der Waals surface area contributed by atoms with Gasteiger partial charge in [-0.2, -0.15) is 18.3 Å². The topological polar surface area (TPSA) is 54.3 Å². The highest BCUT2D eigenvalue weighted by atomic mass is 19.4. The number of hydrogen-bond donors (Lipinski definition) is 0. The average molecular weight is 393 g/mol. The minimum atomic E-state index is -4.79. The van der Waals surface area contributed by atoms with Crippen molar-refractivity contribution in [2.45, 2.75) is 26.1 Å². The zero-order chi connectivity index (χ0) is 19.9. The second-order valence-electron chi connectivity index (χ2n) is 7.69. The summed E-state index contributed by atoms with van der Waals surface area (Å²) in [6.07, 6.45) is 1.39. The van der Waals surface area contributed by atoms with Gasteiger partial charge in [-0.25, -0.2) is 9.67 Å². The van der Waals surface area contributed by atoms with E-state index in [4.69, 9.17) is 0 Å². The highest BCUT2D eigenvalue weighted by Gasteiger charge is 2.47. The summed E-state index contributed by atoms with van der Waals surface area (Å²) in [5.74, 6) is -0.672. The number of carbonyl (C=O) groups excluding carboxylic acids is 1. The molecule has 1 amide bonds. The number of amides is 1. The first-order chi connectivity index (χ1) is 13.3. The van der Waals surface area contributed by atoms with Gasteiger partial charge in [0.05, 0.1) is 0 Å². The number of carbonyl (C=O) groups is 1. The van der Waals surface area contributed by atoms with Crippen molar-refractivity contribution in [3.8, 4) is 5.82 Å². The SMILES string of the molecule is Cc1cc(CN2CCC3CN(C(=O)C(F)(F)F)CC3C2)cnc1-n1cccn1. The molecule has 4 rings (SSSR count). The van der Waals surface area contributed by atoms with Gasteiger partial charge >= 0.3 is 12.1 Å². The number of aryl methyl sites for hydroxylation is 1. The summed E-state index contributed by atoms with van der Waals surface area (Å²) in [5, 5.41) is 4.20. The summed E-state index contributed by atoms with van der Waals surface area (Å²) in [6, 6.07) is 3.91. The Morgan fingerprint density at radius 2 is 2.04 bits per heavy atom. The first-order valence-electron chi connectivity index (χ1n) is 9.35. The second kappa shape index (κ2) is 7.20. The number of hydrogen-bond acceptors (Lipinski definition) is 4. The van der Waals surface area contributed by atoms with Gasteiger partial charge in [-0.3, -0.25) is 9.69 Å². The zero-order valence-corrected chi connectivity index (χ0v) is 15.6. The van der Waals surface area contributed by atoms with Crippen molar-refractivity contribution >= 4 is 5.91 Å². The van der Waals surface area contributed by atoms with Gasteiger partial charge in [0.15, 0.2) is 5.82 Å². The lowest BCUT2D eigenvalue weighted by atomic mass is 9.88. The van der Waals surface area contributed by atoms with Gasteiger partial charge in [-0.15, -0.1) is 0 Å². The van der Waals surface area contributed by atoms with Crippen molar-refractivity contribution in [2.24, 2.45) is 11.8 Å². The normalized spacial score (nSPS) is 23.1. The van der Waals surface area contributed by atoms with E-state index in [-0.39, 0.29) is 24.9 Å². The smallest absolute Gasteiger partial charge is 0.334 e. The summed E-state index contributed by atoms with van der Waals surface area (Å²) in [6.45, 7) is 4.60. The molecule has 0 bridgehead atoms. The maximum absolute atomic E-state index is 12.7. The number of halogens is 3. The third-order valence-corrected chi connectivity index (χ3v) is 5.65. The molecule has 150 valence electrons. The molecule has 2 aliphatic heterocycles. The van der Waals surface area contributed by atoms with Crippen LogP contribution >= 0.6 is 0 Å². The van der Waals surface area contributed by atoms with Crippen LogP contribution in [0.15, 0.2) is 30.7 Å². The van der Waals surface area contributed by atoms with Crippen molar-refractivity contribution in [3.05, 3.63) is 41.9 Å². The summed E-state index contributed by atoms with van der Waals surface area (Å²) in [5.41, 5.74) is 2.08. The quantitative estimate of drug-likeness (QED) is 0.804. The molecular weight excluding hydrogens is 371 g/mol. The van der Waals surface area contributed by atoms with E-state index < -0.39 is 12.1 Å². The van der Waals surface area contributed by atoms with Crippen molar-refractivity contribution in [2.75, 3.05) is 26.2 Å². The van der Waals surface area contributed by atoms with E-state index in [1.807, 2.05) is 25.4 Å². The molecular formula is C19H22F3N5O. The summed E-state index contributed by atoms with van der Waals surface area (Å²) in [4.78, 5) is 19.3. The Labute approximate surface area is 160 Å². The van der Waals surface area contributed by atoms with Crippen LogP contribution in [-0.4, -0.2) is 62.8 Å². The van der Waals surface area contributed by atoms with Crippen LogP contribution in [-0.2, 0) is 11.3 Å². The zero-order valence-electron chi connectivity index (χ0n) is 15.6. The minimum Gasteiger partial charge on any atom is -0.334 e. The van der Waals surface area contributed by atoms with E-state index in [2.05, 4.69) is 21.0 Å². The largest absolute Gasteiger partial charge is 0.471 e. The third-order valence-electron chi connectivity index (χ3n) is 5.65. The molecule has 0 aromatic carbocycles. The van der Waals surface area contributed by atoms with Crippen LogP contribution in [0, 0.1) is 18.8 Å². The number of aromatic nitrogens is 3. The lowest BCUT2D eigenvalue weighted by Gasteiger charge is -2.34. The molecule has 0 aliphatic carbocycles. The van der Waals surface area contributed by atoms with Gasteiger partial charge < -0.3 is 4.90 Å².